The highest BCUT2D eigenvalue weighted by atomic mass is 16.5. The first kappa shape index (κ1) is 48.9. The first-order valence-corrected chi connectivity index (χ1v) is 12.6. The fourth-order valence-corrected chi connectivity index (χ4v) is 1.15. The Morgan fingerprint density at radius 3 is 0.265 bits per heavy atom. The maximum Gasteiger partial charge on any atom is 0.0351 e. The van der Waals surface area contributed by atoms with Crippen LogP contribution in [0, 0.1) is 0 Å². The van der Waals surface area contributed by atoms with Crippen molar-refractivity contribution in [1.82, 2.24) is 0 Å². The van der Waals surface area contributed by atoms with Crippen LogP contribution in [0.3, 0.4) is 0 Å². The summed E-state index contributed by atoms with van der Waals surface area (Å²) in [5.74, 6) is 0. The van der Waals surface area contributed by atoms with Crippen LogP contribution in [0.25, 0.3) is 0 Å². The largest absolute Gasteiger partial charge is 0.388 e. The van der Waals surface area contributed by atoms with Crippen molar-refractivity contribution in [1.29, 1.82) is 0 Å². The molecule has 0 aliphatic rings. The van der Waals surface area contributed by atoms with Crippen LogP contribution in [-0.2, 0) is 9.47 Å². The summed E-state index contributed by atoms with van der Waals surface area (Å²) in [6, 6.07) is 36.0. The molecule has 0 amide bonds. The molecule has 0 heterocycles. The van der Waals surface area contributed by atoms with Crippen LogP contribution >= 0.6 is 0 Å². The first-order chi connectivity index (χ1) is 16.8. The van der Waals surface area contributed by atoms with Gasteiger partial charge < -0.3 is 9.47 Å². The van der Waals surface area contributed by atoms with Crippen LogP contribution in [0.15, 0.2) is 109 Å². The second-order valence-electron chi connectivity index (χ2n) is 4.28. The predicted octanol–water partition coefficient (Wildman–Crippen LogP) is 10.7. The molecule has 0 unspecified atom stereocenters. The highest BCUT2D eigenvalue weighted by Gasteiger charge is 1.59. The Morgan fingerprint density at radius 1 is 0.206 bits per heavy atom. The highest BCUT2D eigenvalue weighted by Crippen LogP contribution is 1.81. The Hall–Kier alpha value is -2.42. The van der Waals surface area contributed by atoms with Crippen molar-refractivity contribution in [3.8, 4) is 0 Å². The summed E-state index contributed by atoms with van der Waals surface area (Å²) in [7, 11) is 6.50. The molecule has 3 aromatic carbocycles. The Kier molecular flexibility index (Phi) is 124. The molecule has 0 fully saturated rings. The molecule has 0 atom stereocenters. The molecular formula is C32H60O2. The quantitative estimate of drug-likeness (QED) is 0.321. The second kappa shape index (κ2) is 86.6. The minimum absolute atomic E-state index is 1.62. The summed E-state index contributed by atoms with van der Waals surface area (Å²) in [6.45, 7) is 20.0. The summed E-state index contributed by atoms with van der Waals surface area (Å²) < 4.78 is 8.50. The average molecular weight is 477 g/mol. The van der Waals surface area contributed by atoms with E-state index in [1.54, 1.807) is 28.4 Å². The fourth-order valence-electron chi connectivity index (χ4n) is 1.15. The Balaban J connectivity index is -0.0000000501. The number of rotatable bonds is 0. The highest BCUT2D eigenvalue weighted by molar-refractivity contribution is 5.00. The summed E-state index contributed by atoms with van der Waals surface area (Å²) in [6.07, 6.45) is 0. The third-order valence-corrected chi connectivity index (χ3v) is 2.00. The zero-order valence-electron chi connectivity index (χ0n) is 25.2. The molecule has 2 heteroatoms. The van der Waals surface area contributed by atoms with Gasteiger partial charge in [-0.1, -0.05) is 178 Å². The molecule has 0 bridgehead atoms. The van der Waals surface area contributed by atoms with E-state index < -0.39 is 0 Å². The SMILES string of the molecule is CC.CC.CC.CC.CC.COC.COC.c1ccccc1.c1ccccc1.c1ccccc1. The zero-order valence-corrected chi connectivity index (χ0v) is 25.2. The van der Waals surface area contributed by atoms with Gasteiger partial charge in [-0.15, -0.1) is 0 Å². The van der Waals surface area contributed by atoms with E-state index in [2.05, 4.69) is 9.47 Å². The lowest BCUT2D eigenvalue weighted by molar-refractivity contribution is 0.277. The monoisotopic (exact) mass is 476 g/mol. The third-order valence-electron chi connectivity index (χ3n) is 2.00. The van der Waals surface area contributed by atoms with Gasteiger partial charge in [0.1, 0.15) is 0 Å². The fraction of sp³-hybridized carbons (Fsp3) is 0.438. The third kappa shape index (κ3) is 99.5. The number of benzene rings is 3. The second-order valence-corrected chi connectivity index (χ2v) is 4.28. The van der Waals surface area contributed by atoms with Crippen molar-refractivity contribution in [3.63, 3.8) is 0 Å². The summed E-state index contributed by atoms with van der Waals surface area (Å²) in [4.78, 5) is 0. The van der Waals surface area contributed by atoms with Crippen LogP contribution in [-0.4, -0.2) is 28.4 Å². The molecule has 0 saturated carbocycles. The molecule has 0 aliphatic carbocycles. The smallest absolute Gasteiger partial charge is 0.0351 e. The average Bonchev–Trinajstić information content (AvgIpc) is 2.98. The molecule has 3 aromatic rings. The number of ether oxygens (including phenoxy) is 2. The van der Waals surface area contributed by atoms with Crippen LogP contribution in [0.1, 0.15) is 69.2 Å². The predicted molar refractivity (Wildman–Crippen MR) is 162 cm³/mol. The normalized spacial score (nSPS) is 6.18. The molecule has 0 saturated heterocycles. The molecule has 0 aromatic heterocycles. The van der Waals surface area contributed by atoms with E-state index in [9.17, 15) is 0 Å². The minimum Gasteiger partial charge on any atom is -0.388 e. The molecule has 0 radical (unpaired) electrons. The minimum atomic E-state index is 1.62. The van der Waals surface area contributed by atoms with Gasteiger partial charge in [0.05, 0.1) is 0 Å². The van der Waals surface area contributed by atoms with Crippen LogP contribution in [0.4, 0.5) is 0 Å². The number of hydrogen-bond acceptors (Lipinski definition) is 2. The lowest BCUT2D eigenvalue weighted by Gasteiger charge is -1.69. The molecule has 200 valence electrons. The number of methoxy groups -OCH3 is 2. The summed E-state index contributed by atoms with van der Waals surface area (Å²) in [5, 5.41) is 0. The molecular weight excluding hydrogens is 416 g/mol. The lowest BCUT2D eigenvalue weighted by Crippen LogP contribution is -1.55. The number of hydrogen-bond donors (Lipinski definition) is 0. The van der Waals surface area contributed by atoms with Crippen molar-refractivity contribution in [2.45, 2.75) is 69.2 Å². The van der Waals surface area contributed by atoms with E-state index in [0.29, 0.717) is 0 Å². The topological polar surface area (TPSA) is 18.5 Å². The van der Waals surface area contributed by atoms with Gasteiger partial charge in [-0.05, 0) is 0 Å². The van der Waals surface area contributed by atoms with Crippen molar-refractivity contribution < 1.29 is 9.47 Å². The maximum absolute atomic E-state index is 4.25. The van der Waals surface area contributed by atoms with E-state index in [4.69, 9.17) is 0 Å². The van der Waals surface area contributed by atoms with Gasteiger partial charge in [0, 0.05) is 28.4 Å². The van der Waals surface area contributed by atoms with Gasteiger partial charge in [0.25, 0.3) is 0 Å². The van der Waals surface area contributed by atoms with Gasteiger partial charge in [0.2, 0.25) is 0 Å². The Morgan fingerprint density at radius 2 is 0.235 bits per heavy atom. The lowest BCUT2D eigenvalue weighted by atomic mass is 10.4. The maximum atomic E-state index is 4.25. The summed E-state index contributed by atoms with van der Waals surface area (Å²) >= 11 is 0. The Labute approximate surface area is 216 Å². The van der Waals surface area contributed by atoms with Crippen molar-refractivity contribution >= 4 is 0 Å². The van der Waals surface area contributed by atoms with E-state index in [0.717, 1.165) is 0 Å². The molecule has 0 spiro atoms. The first-order valence-electron chi connectivity index (χ1n) is 12.6. The van der Waals surface area contributed by atoms with E-state index in [1.165, 1.54) is 0 Å². The molecule has 3 rings (SSSR count). The molecule has 0 N–H and O–H groups in total. The van der Waals surface area contributed by atoms with Crippen LogP contribution in [0.2, 0.25) is 0 Å². The standard InChI is InChI=1S/3C6H6.2C2H6O.5C2H6/c3*1-2-4-6-5-3-1;2*1-3-2;5*1-2/h3*1-6H;2*1-2H3;5*1-2H3. The van der Waals surface area contributed by atoms with Crippen LogP contribution < -0.4 is 0 Å². The van der Waals surface area contributed by atoms with Crippen LogP contribution in [0.5, 0.6) is 0 Å². The molecule has 2 nitrogen and oxygen atoms in total. The zero-order chi connectivity index (χ0) is 28.1. The van der Waals surface area contributed by atoms with Crippen molar-refractivity contribution in [2.75, 3.05) is 28.4 Å². The van der Waals surface area contributed by atoms with Gasteiger partial charge in [-0.3, -0.25) is 0 Å². The van der Waals surface area contributed by atoms with Crippen molar-refractivity contribution in [2.24, 2.45) is 0 Å². The van der Waals surface area contributed by atoms with E-state index in [1.807, 2.05) is 178 Å². The molecule has 0 aliphatic heterocycles. The van der Waals surface area contributed by atoms with Crippen molar-refractivity contribution in [3.05, 3.63) is 109 Å². The molecule has 34 heavy (non-hydrogen) atoms. The van der Waals surface area contributed by atoms with E-state index >= 15 is 0 Å². The Bertz CT molecular complexity index is 328. The van der Waals surface area contributed by atoms with Gasteiger partial charge in [-0.25, -0.2) is 0 Å². The van der Waals surface area contributed by atoms with Gasteiger partial charge >= 0.3 is 0 Å². The van der Waals surface area contributed by atoms with Gasteiger partial charge in [-0.2, -0.15) is 0 Å². The van der Waals surface area contributed by atoms with E-state index in [-0.39, 0.29) is 0 Å². The summed E-state index contributed by atoms with van der Waals surface area (Å²) in [5.41, 5.74) is 0. The van der Waals surface area contributed by atoms with Gasteiger partial charge in [0.15, 0.2) is 0 Å².